The van der Waals surface area contributed by atoms with E-state index in [1.807, 2.05) is 36.7 Å². The van der Waals surface area contributed by atoms with Crippen molar-refractivity contribution in [1.29, 1.82) is 0 Å². The maximum atomic E-state index is 5.73. The van der Waals surface area contributed by atoms with Crippen molar-refractivity contribution in [3.63, 3.8) is 0 Å². The van der Waals surface area contributed by atoms with Crippen LogP contribution in [-0.2, 0) is 0 Å². The summed E-state index contributed by atoms with van der Waals surface area (Å²) in [5.41, 5.74) is 4.50. The van der Waals surface area contributed by atoms with Crippen LogP contribution in [0.15, 0.2) is 79.4 Å². The Morgan fingerprint density at radius 3 is 2.00 bits per heavy atom. The Labute approximate surface area is 140 Å². The normalized spacial score (nSPS) is 10.7. The van der Waals surface area contributed by atoms with Gasteiger partial charge >= 0.3 is 0 Å². The van der Waals surface area contributed by atoms with Crippen molar-refractivity contribution in [3.8, 4) is 28.0 Å². The first-order valence-electron chi connectivity index (χ1n) is 7.78. The van der Waals surface area contributed by atoms with Crippen molar-refractivity contribution >= 4 is 10.8 Å². The van der Waals surface area contributed by atoms with Crippen molar-refractivity contribution in [2.45, 2.75) is 0 Å². The molecule has 0 fully saturated rings. The summed E-state index contributed by atoms with van der Waals surface area (Å²) in [7, 11) is 1.72. The Morgan fingerprint density at radius 2 is 1.33 bits per heavy atom. The standard InChI is InChI=1S/C21H16N2O/c1-24-21-19(16-8-12-23-13-9-16)5-3-18-14-17(2-4-20(18)21)15-6-10-22-11-7-15/h2-14H,1H3. The monoisotopic (exact) mass is 312 g/mol. The molecule has 0 aliphatic carbocycles. The molecule has 0 saturated heterocycles. The molecule has 3 heteroatoms. The van der Waals surface area contributed by atoms with E-state index in [0.29, 0.717) is 0 Å². The molecule has 2 aromatic heterocycles. The highest BCUT2D eigenvalue weighted by Gasteiger charge is 2.11. The summed E-state index contributed by atoms with van der Waals surface area (Å²) in [6.45, 7) is 0. The Bertz CT molecular complexity index is 983. The molecule has 2 aromatic carbocycles. The Morgan fingerprint density at radius 1 is 0.667 bits per heavy atom. The van der Waals surface area contributed by atoms with Crippen LogP contribution in [0.25, 0.3) is 33.0 Å². The maximum absolute atomic E-state index is 5.73. The molecule has 0 spiro atoms. The predicted molar refractivity (Wildman–Crippen MR) is 97.0 cm³/mol. The van der Waals surface area contributed by atoms with Crippen molar-refractivity contribution in [2.24, 2.45) is 0 Å². The van der Waals surface area contributed by atoms with E-state index in [-0.39, 0.29) is 0 Å². The van der Waals surface area contributed by atoms with Gasteiger partial charge in [0.05, 0.1) is 7.11 Å². The summed E-state index contributed by atoms with van der Waals surface area (Å²) < 4.78 is 5.73. The molecular weight excluding hydrogens is 296 g/mol. The molecule has 24 heavy (non-hydrogen) atoms. The number of methoxy groups -OCH3 is 1. The van der Waals surface area contributed by atoms with Gasteiger partial charge < -0.3 is 4.74 Å². The zero-order valence-corrected chi connectivity index (χ0v) is 13.3. The van der Waals surface area contributed by atoms with Crippen LogP contribution >= 0.6 is 0 Å². The quantitative estimate of drug-likeness (QED) is 0.535. The molecule has 2 heterocycles. The van der Waals surface area contributed by atoms with Crippen molar-refractivity contribution in [1.82, 2.24) is 9.97 Å². The van der Waals surface area contributed by atoms with Gasteiger partial charge in [0, 0.05) is 35.7 Å². The summed E-state index contributed by atoms with van der Waals surface area (Å²) in [6.07, 6.45) is 7.22. The molecule has 4 rings (SSSR count). The largest absolute Gasteiger partial charge is 0.495 e. The van der Waals surface area contributed by atoms with Gasteiger partial charge in [-0.05, 0) is 52.4 Å². The first-order valence-corrected chi connectivity index (χ1v) is 7.78. The van der Waals surface area contributed by atoms with Gasteiger partial charge in [-0.1, -0.05) is 24.3 Å². The maximum Gasteiger partial charge on any atom is 0.134 e. The lowest BCUT2D eigenvalue weighted by Crippen LogP contribution is -1.90. The van der Waals surface area contributed by atoms with Crippen LogP contribution in [-0.4, -0.2) is 17.1 Å². The second-order valence-electron chi connectivity index (χ2n) is 5.55. The van der Waals surface area contributed by atoms with Crippen LogP contribution in [0.4, 0.5) is 0 Å². The average Bonchev–Trinajstić information content (AvgIpc) is 2.68. The van der Waals surface area contributed by atoms with Gasteiger partial charge in [-0.2, -0.15) is 0 Å². The van der Waals surface area contributed by atoms with E-state index in [0.717, 1.165) is 33.2 Å². The third kappa shape index (κ3) is 2.50. The van der Waals surface area contributed by atoms with E-state index >= 15 is 0 Å². The first-order chi connectivity index (χ1) is 11.9. The molecule has 0 saturated carbocycles. The summed E-state index contributed by atoms with van der Waals surface area (Å²) in [6, 6.07) is 18.7. The van der Waals surface area contributed by atoms with E-state index in [1.54, 1.807) is 19.5 Å². The molecule has 116 valence electrons. The first kappa shape index (κ1) is 14.4. The third-order valence-corrected chi connectivity index (χ3v) is 4.18. The molecule has 0 N–H and O–H groups in total. The number of hydrogen-bond acceptors (Lipinski definition) is 3. The molecule has 0 unspecified atom stereocenters. The van der Waals surface area contributed by atoms with Gasteiger partial charge in [0.2, 0.25) is 0 Å². The Hall–Kier alpha value is -3.20. The summed E-state index contributed by atoms with van der Waals surface area (Å²) in [5, 5.41) is 2.25. The van der Waals surface area contributed by atoms with Gasteiger partial charge in [0.1, 0.15) is 5.75 Å². The third-order valence-electron chi connectivity index (χ3n) is 4.18. The van der Waals surface area contributed by atoms with Crippen molar-refractivity contribution in [2.75, 3.05) is 7.11 Å². The Kier molecular flexibility index (Phi) is 3.67. The van der Waals surface area contributed by atoms with Gasteiger partial charge in [0.15, 0.2) is 0 Å². The minimum Gasteiger partial charge on any atom is -0.495 e. The predicted octanol–water partition coefficient (Wildman–Crippen LogP) is 4.97. The molecule has 4 aromatic rings. The highest BCUT2D eigenvalue weighted by molar-refractivity contribution is 5.97. The van der Waals surface area contributed by atoms with E-state index in [9.17, 15) is 0 Å². The number of pyridine rings is 2. The zero-order chi connectivity index (χ0) is 16.4. The minimum atomic E-state index is 0.889. The smallest absolute Gasteiger partial charge is 0.134 e. The van der Waals surface area contributed by atoms with Gasteiger partial charge in [-0.15, -0.1) is 0 Å². The number of benzene rings is 2. The second-order valence-corrected chi connectivity index (χ2v) is 5.55. The molecule has 0 amide bonds. The topological polar surface area (TPSA) is 35.0 Å². The number of fused-ring (bicyclic) bond motifs is 1. The fraction of sp³-hybridized carbons (Fsp3) is 0.0476. The number of nitrogens with zero attached hydrogens (tertiary/aromatic N) is 2. The fourth-order valence-electron chi connectivity index (χ4n) is 3.00. The number of aromatic nitrogens is 2. The van der Waals surface area contributed by atoms with E-state index in [4.69, 9.17) is 4.74 Å². The van der Waals surface area contributed by atoms with Crippen LogP contribution in [0.3, 0.4) is 0 Å². The molecule has 0 radical (unpaired) electrons. The zero-order valence-electron chi connectivity index (χ0n) is 13.3. The van der Waals surface area contributed by atoms with Crippen molar-refractivity contribution in [3.05, 3.63) is 79.4 Å². The van der Waals surface area contributed by atoms with Crippen LogP contribution < -0.4 is 4.74 Å². The van der Waals surface area contributed by atoms with E-state index in [2.05, 4.69) is 40.3 Å². The Balaban J connectivity index is 1.89. The van der Waals surface area contributed by atoms with Gasteiger partial charge in [0.25, 0.3) is 0 Å². The second kappa shape index (κ2) is 6.13. The van der Waals surface area contributed by atoms with Crippen LogP contribution in [0.5, 0.6) is 5.75 Å². The molecule has 0 aliphatic rings. The number of hydrogen-bond donors (Lipinski definition) is 0. The number of ether oxygens (including phenoxy) is 1. The summed E-state index contributed by atoms with van der Waals surface area (Å²) in [4.78, 5) is 8.17. The SMILES string of the molecule is COc1c(-c2ccncc2)ccc2cc(-c3ccncc3)ccc12. The number of rotatable bonds is 3. The highest BCUT2D eigenvalue weighted by atomic mass is 16.5. The molecular formula is C21H16N2O. The summed E-state index contributed by atoms with van der Waals surface area (Å²) in [5.74, 6) is 0.889. The van der Waals surface area contributed by atoms with Crippen LogP contribution in [0, 0.1) is 0 Å². The lowest BCUT2D eigenvalue weighted by atomic mass is 9.97. The van der Waals surface area contributed by atoms with Gasteiger partial charge in [-0.3, -0.25) is 9.97 Å². The summed E-state index contributed by atoms with van der Waals surface area (Å²) >= 11 is 0. The minimum absolute atomic E-state index is 0.889. The van der Waals surface area contributed by atoms with Gasteiger partial charge in [-0.25, -0.2) is 0 Å². The highest BCUT2D eigenvalue weighted by Crippen LogP contribution is 2.37. The fourth-order valence-corrected chi connectivity index (χ4v) is 3.00. The molecule has 3 nitrogen and oxygen atoms in total. The molecule has 0 atom stereocenters. The van der Waals surface area contributed by atoms with Crippen LogP contribution in [0.1, 0.15) is 0 Å². The molecule has 0 aliphatic heterocycles. The van der Waals surface area contributed by atoms with E-state index < -0.39 is 0 Å². The lowest BCUT2D eigenvalue weighted by molar-refractivity contribution is 0.421. The molecule has 0 bridgehead atoms. The van der Waals surface area contributed by atoms with Crippen molar-refractivity contribution < 1.29 is 4.74 Å². The lowest BCUT2D eigenvalue weighted by Gasteiger charge is -2.13. The van der Waals surface area contributed by atoms with Crippen LogP contribution in [0.2, 0.25) is 0 Å². The van der Waals surface area contributed by atoms with E-state index in [1.165, 1.54) is 5.56 Å². The average molecular weight is 312 g/mol.